The Hall–Kier alpha value is -1.63. The molecule has 0 bridgehead atoms. The van der Waals surface area contributed by atoms with Gasteiger partial charge in [-0.2, -0.15) is 5.10 Å². The van der Waals surface area contributed by atoms with Crippen LogP contribution < -0.4 is 10.6 Å². The molecule has 7 heteroatoms. The molecule has 1 aliphatic carbocycles. The van der Waals surface area contributed by atoms with Crippen LogP contribution in [0.25, 0.3) is 0 Å². The van der Waals surface area contributed by atoms with Crippen LogP contribution in [0, 0.1) is 5.92 Å². The Labute approximate surface area is 130 Å². The van der Waals surface area contributed by atoms with Crippen molar-refractivity contribution in [2.45, 2.75) is 57.7 Å². The molecule has 2 N–H and O–H groups in total. The Morgan fingerprint density at radius 1 is 1.36 bits per heavy atom. The second kappa shape index (κ2) is 7.09. The Morgan fingerprint density at radius 2 is 2.23 bits per heavy atom. The van der Waals surface area contributed by atoms with E-state index in [2.05, 4.69) is 20.7 Å². The van der Waals surface area contributed by atoms with Gasteiger partial charge in [0.1, 0.15) is 12.4 Å². The molecule has 0 saturated heterocycles. The molecule has 1 aliphatic heterocycles. The van der Waals surface area contributed by atoms with E-state index in [1.54, 1.807) is 7.11 Å². The summed E-state index contributed by atoms with van der Waals surface area (Å²) in [6.45, 7) is 2.01. The molecule has 0 spiro atoms. The van der Waals surface area contributed by atoms with Gasteiger partial charge in [-0.25, -0.2) is 14.5 Å². The highest BCUT2D eigenvalue weighted by atomic mass is 16.5. The number of ether oxygens (including phenoxy) is 1. The number of methoxy groups -OCH3 is 1. The number of carbonyl (C=O) groups is 1. The van der Waals surface area contributed by atoms with Crippen LogP contribution in [0.2, 0.25) is 0 Å². The summed E-state index contributed by atoms with van der Waals surface area (Å²) < 4.78 is 6.96. The lowest BCUT2D eigenvalue weighted by Crippen LogP contribution is -2.41. The molecule has 0 unspecified atom stereocenters. The maximum absolute atomic E-state index is 12.0. The molecule has 3 rings (SSSR count). The molecule has 0 aromatic carbocycles. The summed E-state index contributed by atoms with van der Waals surface area (Å²) >= 11 is 0. The predicted octanol–water partition coefficient (Wildman–Crippen LogP) is 1.75. The Bertz CT molecular complexity index is 512. The number of amides is 2. The van der Waals surface area contributed by atoms with Crippen LogP contribution in [0.5, 0.6) is 0 Å². The Kier molecular flexibility index (Phi) is 4.92. The van der Waals surface area contributed by atoms with Crippen molar-refractivity contribution >= 4 is 6.03 Å². The van der Waals surface area contributed by atoms with Crippen molar-refractivity contribution in [3.8, 4) is 0 Å². The molecular weight excluding hydrogens is 282 g/mol. The third kappa shape index (κ3) is 3.58. The molecule has 1 saturated carbocycles. The minimum atomic E-state index is -0.103. The first-order valence-corrected chi connectivity index (χ1v) is 8.23. The number of urea groups is 1. The molecule has 0 radical (unpaired) electrons. The third-order valence-corrected chi connectivity index (χ3v) is 4.56. The number of hydrogen-bond donors (Lipinski definition) is 2. The van der Waals surface area contributed by atoms with E-state index in [-0.39, 0.29) is 12.1 Å². The number of nitrogens with one attached hydrogen (secondary N) is 2. The zero-order valence-corrected chi connectivity index (χ0v) is 13.2. The molecule has 1 aromatic heterocycles. The lowest BCUT2D eigenvalue weighted by Gasteiger charge is -2.26. The van der Waals surface area contributed by atoms with Crippen molar-refractivity contribution in [2.24, 2.45) is 5.92 Å². The smallest absolute Gasteiger partial charge is 0.315 e. The lowest BCUT2D eigenvalue weighted by atomic mass is 9.83. The summed E-state index contributed by atoms with van der Waals surface area (Å²) in [5, 5.41) is 10.4. The SMILES string of the molecule is COCc1nc2n(n1)CCC[C@@H]2NC(=O)NCCC1CCC1. The summed E-state index contributed by atoms with van der Waals surface area (Å²) in [4.78, 5) is 16.5. The molecule has 2 aliphatic rings. The van der Waals surface area contributed by atoms with Crippen molar-refractivity contribution in [1.29, 1.82) is 0 Å². The summed E-state index contributed by atoms with van der Waals surface area (Å²) in [5.41, 5.74) is 0. The quantitative estimate of drug-likeness (QED) is 0.839. The highest BCUT2D eigenvalue weighted by Crippen LogP contribution is 2.28. The summed E-state index contributed by atoms with van der Waals surface area (Å²) in [6.07, 6.45) is 6.97. The van der Waals surface area contributed by atoms with Gasteiger partial charge in [0.15, 0.2) is 5.82 Å². The van der Waals surface area contributed by atoms with Gasteiger partial charge in [0.2, 0.25) is 0 Å². The largest absolute Gasteiger partial charge is 0.377 e. The topological polar surface area (TPSA) is 81.1 Å². The first-order valence-electron chi connectivity index (χ1n) is 8.23. The summed E-state index contributed by atoms with van der Waals surface area (Å²) in [5.74, 6) is 2.33. The van der Waals surface area contributed by atoms with Gasteiger partial charge < -0.3 is 15.4 Å². The number of aryl methyl sites for hydroxylation is 1. The maximum Gasteiger partial charge on any atom is 0.315 e. The zero-order valence-electron chi connectivity index (χ0n) is 13.2. The minimum Gasteiger partial charge on any atom is -0.377 e. The van der Waals surface area contributed by atoms with Crippen molar-refractivity contribution in [2.75, 3.05) is 13.7 Å². The first kappa shape index (κ1) is 15.3. The van der Waals surface area contributed by atoms with Gasteiger partial charge in [0.25, 0.3) is 0 Å². The van der Waals surface area contributed by atoms with Gasteiger partial charge in [-0.05, 0) is 25.2 Å². The van der Waals surface area contributed by atoms with Crippen molar-refractivity contribution < 1.29 is 9.53 Å². The van der Waals surface area contributed by atoms with Crippen molar-refractivity contribution in [1.82, 2.24) is 25.4 Å². The van der Waals surface area contributed by atoms with Crippen LogP contribution in [-0.2, 0) is 17.9 Å². The van der Waals surface area contributed by atoms with Gasteiger partial charge in [0, 0.05) is 20.2 Å². The second-order valence-electron chi connectivity index (χ2n) is 6.22. The summed E-state index contributed by atoms with van der Waals surface area (Å²) in [6, 6.07) is -0.162. The van der Waals surface area contributed by atoms with E-state index in [9.17, 15) is 4.79 Å². The maximum atomic E-state index is 12.0. The monoisotopic (exact) mass is 307 g/mol. The van der Waals surface area contributed by atoms with Crippen molar-refractivity contribution in [3.05, 3.63) is 11.6 Å². The van der Waals surface area contributed by atoms with E-state index in [0.717, 1.165) is 44.1 Å². The fourth-order valence-electron chi connectivity index (χ4n) is 3.11. The molecule has 1 fully saturated rings. The van der Waals surface area contributed by atoms with E-state index >= 15 is 0 Å². The number of fused-ring (bicyclic) bond motifs is 1. The Morgan fingerprint density at radius 3 is 2.95 bits per heavy atom. The van der Waals surface area contributed by atoms with Gasteiger partial charge in [-0.1, -0.05) is 19.3 Å². The number of hydrogen-bond acceptors (Lipinski definition) is 4. The standard InChI is InChI=1S/C15H25N5O2/c1-22-10-13-18-14-12(6-3-9-20(14)19-13)17-15(21)16-8-7-11-4-2-5-11/h11-12H,2-10H2,1H3,(H2,16,17,21)/t12-/m0/s1. The van der Waals surface area contributed by atoms with Gasteiger partial charge >= 0.3 is 6.03 Å². The highest BCUT2D eigenvalue weighted by molar-refractivity contribution is 5.74. The minimum absolute atomic E-state index is 0.0597. The van der Waals surface area contributed by atoms with Crippen LogP contribution in [-0.4, -0.2) is 34.5 Å². The van der Waals surface area contributed by atoms with Crippen molar-refractivity contribution in [3.63, 3.8) is 0 Å². The lowest BCUT2D eigenvalue weighted by molar-refractivity contribution is 0.177. The first-order chi connectivity index (χ1) is 10.8. The fraction of sp³-hybridized carbons (Fsp3) is 0.800. The molecule has 1 aromatic rings. The van der Waals surface area contributed by atoms with Crippen LogP contribution in [0.4, 0.5) is 4.79 Å². The van der Waals surface area contributed by atoms with E-state index in [1.807, 2.05) is 4.68 Å². The molecule has 7 nitrogen and oxygen atoms in total. The zero-order chi connectivity index (χ0) is 15.4. The molecule has 122 valence electrons. The molecular formula is C15H25N5O2. The number of carbonyl (C=O) groups excluding carboxylic acids is 1. The van der Waals surface area contributed by atoms with E-state index in [1.165, 1.54) is 19.3 Å². The normalized spacial score (nSPS) is 21.0. The average Bonchev–Trinajstić information content (AvgIpc) is 2.86. The Balaban J connectivity index is 1.50. The number of nitrogens with zero attached hydrogens (tertiary/aromatic N) is 3. The van der Waals surface area contributed by atoms with Crippen LogP contribution in [0.15, 0.2) is 0 Å². The van der Waals surface area contributed by atoms with Crippen LogP contribution >= 0.6 is 0 Å². The highest BCUT2D eigenvalue weighted by Gasteiger charge is 2.25. The molecule has 1 atom stereocenters. The van der Waals surface area contributed by atoms with Crippen LogP contribution in [0.3, 0.4) is 0 Å². The van der Waals surface area contributed by atoms with Gasteiger partial charge in [-0.15, -0.1) is 0 Å². The summed E-state index contributed by atoms with van der Waals surface area (Å²) in [7, 11) is 1.63. The van der Waals surface area contributed by atoms with E-state index in [4.69, 9.17) is 4.74 Å². The molecule has 2 amide bonds. The van der Waals surface area contributed by atoms with Gasteiger partial charge in [-0.3, -0.25) is 0 Å². The molecule has 2 heterocycles. The number of rotatable bonds is 6. The van der Waals surface area contributed by atoms with E-state index < -0.39 is 0 Å². The second-order valence-corrected chi connectivity index (χ2v) is 6.22. The van der Waals surface area contributed by atoms with Gasteiger partial charge in [0.05, 0.1) is 6.04 Å². The molecule has 22 heavy (non-hydrogen) atoms. The average molecular weight is 307 g/mol. The predicted molar refractivity (Wildman–Crippen MR) is 81.2 cm³/mol. The van der Waals surface area contributed by atoms with Crippen LogP contribution in [0.1, 0.15) is 56.2 Å². The fourth-order valence-corrected chi connectivity index (χ4v) is 3.11. The third-order valence-electron chi connectivity index (χ3n) is 4.56. The van der Waals surface area contributed by atoms with E-state index in [0.29, 0.717) is 12.4 Å². The number of aromatic nitrogens is 3.